The third-order valence-electron chi connectivity index (χ3n) is 4.02. The van der Waals surface area contributed by atoms with Crippen LogP contribution >= 0.6 is 34.7 Å². The molecule has 0 bridgehead atoms. The predicted octanol–water partition coefficient (Wildman–Crippen LogP) is 3.54. The van der Waals surface area contributed by atoms with Gasteiger partial charge in [0.1, 0.15) is 0 Å². The molecule has 2 amide bonds. The van der Waals surface area contributed by atoms with Crippen LogP contribution < -0.4 is 10.6 Å². The van der Waals surface area contributed by atoms with Gasteiger partial charge in [0.2, 0.25) is 5.91 Å². The molecule has 0 aliphatic heterocycles. The van der Waals surface area contributed by atoms with Crippen molar-refractivity contribution < 1.29 is 9.59 Å². The number of carbonyl (C=O) groups excluding carboxylic acids is 2. The second-order valence-corrected chi connectivity index (χ2v) is 8.83. The normalized spacial score (nSPS) is 13.0. The number of rotatable bonds is 7. The summed E-state index contributed by atoms with van der Waals surface area (Å²) in [7, 11) is 1.80. The van der Waals surface area contributed by atoms with Crippen molar-refractivity contribution >= 4 is 51.6 Å². The van der Waals surface area contributed by atoms with Gasteiger partial charge in [0.05, 0.1) is 11.3 Å². The number of halogens is 1. The van der Waals surface area contributed by atoms with Gasteiger partial charge in [-0.25, -0.2) is 4.98 Å². The SMILES string of the molecule is C[C@H](Sc1nnc([C@@H](C)NC(=O)c2ccc(Cl)cc2)n1C)C(=O)Nc1nccs1. The van der Waals surface area contributed by atoms with Gasteiger partial charge in [0, 0.05) is 29.2 Å². The molecule has 3 rings (SSSR count). The van der Waals surface area contributed by atoms with Gasteiger partial charge in [-0.1, -0.05) is 23.4 Å². The van der Waals surface area contributed by atoms with Crippen molar-refractivity contribution in [3.8, 4) is 0 Å². The van der Waals surface area contributed by atoms with Gasteiger partial charge in [0.15, 0.2) is 16.1 Å². The molecule has 152 valence electrons. The smallest absolute Gasteiger partial charge is 0.251 e. The van der Waals surface area contributed by atoms with Crippen molar-refractivity contribution in [3.63, 3.8) is 0 Å². The van der Waals surface area contributed by atoms with E-state index in [2.05, 4.69) is 25.8 Å². The Morgan fingerprint density at radius 2 is 1.93 bits per heavy atom. The Morgan fingerprint density at radius 1 is 1.21 bits per heavy atom. The van der Waals surface area contributed by atoms with Crippen LogP contribution in [0.1, 0.15) is 36.1 Å². The number of amides is 2. The molecular formula is C18H19ClN6O2S2. The van der Waals surface area contributed by atoms with Gasteiger partial charge >= 0.3 is 0 Å². The fraction of sp³-hybridized carbons (Fsp3) is 0.278. The molecule has 0 spiro atoms. The second-order valence-electron chi connectivity index (χ2n) is 6.19. The van der Waals surface area contributed by atoms with E-state index in [0.717, 1.165) is 0 Å². The average Bonchev–Trinajstić information content (AvgIpc) is 3.32. The number of thiazole rings is 1. The lowest BCUT2D eigenvalue weighted by molar-refractivity contribution is -0.115. The predicted molar refractivity (Wildman–Crippen MR) is 114 cm³/mol. The van der Waals surface area contributed by atoms with Crippen molar-refractivity contribution in [2.45, 2.75) is 30.3 Å². The standard InChI is InChI=1S/C18H19ClN6O2S2/c1-10(21-16(27)12-4-6-13(19)7-5-12)14-23-24-18(25(14)3)29-11(2)15(26)22-17-20-8-9-28-17/h4-11H,1-3H3,(H,21,27)(H,20,22,26)/t10-,11+/m1/s1. The molecule has 2 N–H and O–H groups in total. The van der Waals surface area contributed by atoms with Crippen molar-refractivity contribution in [1.82, 2.24) is 25.1 Å². The van der Waals surface area contributed by atoms with E-state index in [1.807, 2.05) is 6.92 Å². The molecule has 0 saturated heterocycles. The largest absolute Gasteiger partial charge is 0.342 e. The van der Waals surface area contributed by atoms with E-state index in [0.29, 0.717) is 26.7 Å². The molecule has 2 atom stereocenters. The van der Waals surface area contributed by atoms with Crippen molar-refractivity contribution in [2.24, 2.45) is 7.05 Å². The monoisotopic (exact) mass is 450 g/mol. The maximum Gasteiger partial charge on any atom is 0.251 e. The first kappa shape index (κ1) is 21.3. The average molecular weight is 451 g/mol. The minimum Gasteiger partial charge on any atom is -0.342 e. The van der Waals surface area contributed by atoms with Gasteiger partial charge in [-0.05, 0) is 38.1 Å². The molecule has 2 heterocycles. The molecule has 8 nitrogen and oxygen atoms in total. The molecule has 0 saturated carbocycles. The number of hydrogen-bond acceptors (Lipinski definition) is 7. The number of thioether (sulfide) groups is 1. The Morgan fingerprint density at radius 3 is 2.59 bits per heavy atom. The number of carbonyl (C=O) groups is 2. The highest BCUT2D eigenvalue weighted by atomic mass is 35.5. The number of nitrogens with zero attached hydrogens (tertiary/aromatic N) is 4. The Balaban J connectivity index is 1.62. The van der Waals surface area contributed by atoms with Crippen molar-refractivity contribution in [2.75, 3.05) is 5.32 Å². The van der Waals surface area contributed by atoms with E-state index >= 15 is 0 Å². The first-order valence-electron chi connectivity index (χ1n) is 8.68. The number of benzene rings is 1. The first-order chi connectivity index (χ1) is 13.8. The lowest BCUT2D eigenvalue weighted by Gasteiger charge is -2.14. The molecule has 3 aromatic rings. The van der Waals surface area contributed by atoms with E-state index < -0.39 is 5.25 Å². The van der Waals surface area contributed by atoms with Gasteiger partial charge in [-0.3, -0.25) is 9.59 Å². The van der Waals surface area contributed by atoms with Gasteiger partial charge in [-0.15, -0.1) is 21.5 Å². The van der Waals surface area contributed by atoms with Crippen LogP contribution in [-0.4, -0.2) is 36.8 Å². The van der Waals surface area contributed by atoms with E-state index in [4.69, 9.17) is 11.6 Å². The zero-order chi connectivity index (χ0) is 21.0. The second kappa shape index (κ2) is 9.38. The molecule has 11 heteroatoms. The minimum atomic E-state index is -0.395. The van der Waals surface area contributed by atoms with Crippen molar-refractivity contribution in [1.29, 1.82) is 0 Å². The summed E-state index contributed by atoms with van der Waals surface area (Å²) in [4.78, 5) is 28.7. The summed E-state index contributed by atoms with van der Waals surface area (Å²) < 4.78 is 1.77. The number of hydrogen-bond donors (Lipinski definition) is 2. The maximum atomic E-state index is 12.4. The highest BCUT2D eigenvalue weighted by molar-refractivity contribution is 8.00. The van der Waals surface area contributed by atoms with Crippen LogP contribution in [0.5, 0.6) is 0 Å². The minimum absolute atomic E-state index is 0.168. The zero-order valence-electron chi connectivity index (χ0n) is 15.9. The molecular weight excluding hydrogens is 432 g/mol. The summed E-state index contributed by atoms with van der Waals surface area (Å²) >= 11 is 8.50. The molecule has 0 aliphatic rings. The summed E-state index contributed by atoms with van der Waals surface area (Å²) in [5.74, 6) is 0.184. The van der Waals surface area contributed by atoms with Crippen molar-refractivity contribution in [3.05, 3.63) is 52.3 Å². The zero-order valence-corrected chi connectivity index (χ0v) is 18.3. The quantitative estimate of drug-likeness (QED) is 0.534. The number of nitrogens with one attached hydrogen (secondary N) is 2. The topological polar surface area (TPSA) is 102 Å². The molecule has 0 fully saturated rings. The van der Waals surface area contributed by atoms with E-state index in [1.54, 1.807) is 54.4 Å². The first-order valence-corrected chi connectivity index (χ1v) is 10.8. The fourth-order valence-electron chi connectivity index (χ4n) is 2.46. The Labute approximate surface area is 181 Å². The molecule has 1 aromatic carbocycles. The van der Waals surface area contributed by atoms with Crippen LogP contribution in [0.4, 0.5) is 5.13 Å². The lowest BCUT2D eigenvalue weighted by atomic mass is 10.2. The third kappa shape index (κ3) is 5.34. The molecule has 29 heavy (non-hydrogen) atoms. The highest BCUT2D eigenvalue weighted by Gasteiger charge is 2.22. The van der Waals surface area contributed by atoms with Gasteiger partial charge in [0.25, 0.3) is 5.91 Å². The maximum absolute atomic E-state index is 12.4. The molecule has 0 radical (unpaired) electrons. The van der Waals surface area contributed by atoms with Crippen LogP contribution in [0.2, 0.25) is 5.02 Å². The Hall–Kier alpha value is -2.43. The summed E-state index contributed by atoms with van der Waals surface area (Å²) in [5.41, 5.74) is 0.505. The van der Waals surface area contributed by atoms with Gasteiger partial charge in [-0.2, -0.15) is 0 Å². The number of aromatic nitrogens is 4. The third-order valence-corrected chi connectivity index (χ3v) is 6.10. The Bertz CT molecular complexity index is 990. The van der Waals surface area contributed by atoms with E-state index in [1.165, 1.54) is 23.1 Å². The Kier molecular flexibility index (Phi) is 6.88. The van der Waals surface area contributed by atoms with Crippen LogP contribution in [0.25, 0.3) is 0 Å². The summed E-state index contributed by atoms with van der Waals surface area (Å²) in [5, 5.41) is 17.1. The molecule has 2 aromatic heterocycles. The van der Waals surface area contributed by atoms with Crippen LogP contribution in [0.15, 0.2) is 41.0 Å². The molecule has 0 unspecified atom stereocenters. The van der Waals surface area contributed by atoms with Crippen LogP contribution in [-0.2, 0) is 11.8 Å². The van der Waals surface area contributed by atoms with Crippen LogP contribution in [0.3, 0.4) is 0 Å². The van der Waals surface area contributed by atoms with Crippen LogP contribution in [0, 0.1) is 0 Å². The lowest BCUT2D eigenvalue weighted by Crippen LogP contribution is -2.28. The highest BCUT2D eigenvalue weighted by Crippen LogP contribution is 2.25. The molecule has 0 aliphatic carbocycles. The summed E-state index contributed by atoms with van der Waals surface area (Å²) in [6.45, 7) is 3.61. The fourth-order valence-corrected chi connectivity index (χ4v) is 3.94. The van der Waals surface area contributed by atoms with E-state index in [-0.39, 0.29) is 17.9 Å². The number of anilines is 1. The summed E-state index contributed by atoms with van der Waals surface area (Å²) in [6.07, 6.45) is 1.63. The van der Waals surface area contributed by atoms with E-state index in [9.17, 15) is 9.59 Å². The summed E-state index contributed by atoms with van der Waals surface area (Å²) in [6, 6.07) is 6.27. The van der Waals surface area contributed by atoms with Gasteiger partial charge < -0.3 is 15.2 Å².